The molecule has 0 unspecified atom stereocenters. The third kappa shape index (κ3) is 4.02. The van der Waals surface area contributed by atoms with Crippen LogP contribution in [0, 0.1) is 0 Å². The molecule has 0 aliphatic heterocycles. The van der Waals surface area contributed by atoms with Gasteiger partial charge in [0.15, 0.2) is 5.16 Å². The predicted octanol–water partition coefficient (Wildman–Crippen LogP) is 5.76. The number of aromatic nitrogens is 4. The molecule has 0 saturated carbocycles. The van der Waals surface area contributed by atoms with Gasteiger partial charge in [-0.05, 0) is 42.2 Å². The van der Waals surface area contributed by atoms with Crippen molar-refractivity contribution < 1.29 is 4.74 Å². The van der Waals surface area contributed by atoms with Crippen molar-refractivity contribution in [3.05, 3.63) is 96.8 Å². The standard InChI is InChI=1S/C25H20N4OS/c1-31-25-26-14-13-21(27-25)24-23(28-22-12-5-6-15-29(22)24)19-10-7-11-20(16-19)30-17-18-8-3-2-4-9-18/h2-16H,17H2,1H3. The lowest BCUT2D eigenvalue weighted by atomic mass is 10.1. The molecule has 5 aromatic rings. The van der Waals surface area contributed by atoms with Crippen LogP contribution in [0.3, 0.4) is 0 Å². The van der Waals surface area contributed by atoms with Crippen molar-refractivity contribution in [3.8, 4) is 28.4 Å². The van der Waals surface area contributed by atoms with Crippen LogP contribution in [0.1, 0.15) is 5.56 Å². The average Bonchev–Trinajstić information content (AvgIpc) is 3.23. The van der Waals surface area contributed by atoms with Gasteiger partial charge in [-0.3, -0.25) is 4.40 Å². The number of benzene rings is 2. The lowest BCUT2D eigenvalue weighted by molar-refractivity contribution is 0.306. The molecule has 152 valence electrons. The van der Waals surface area contributed by atoms with E-state index in [1.54, 1.807) is 6.20 Å². The molecule has 0 radical (unpaired) electrons. The minimum atomic E-state index is 0.519. The first-order chi connectivity index (χ1) is 15.3. The van der Waals surface area contributed by atoms with E-state index in [1.165, 1.54) is 11.8 Å². The van der Waals surface area contributed by atoms with Crippen LogP contribution < -0.4 is 4.74 Å². The van der Waals surface area contributed by atoms with E-state index in [0.717, 1.165) is 44.8 Å². The Labute approximate surface area is 184 Å². The SMILES string of the molecule is CSc1nccc(-c2c(-c3cccc(OCc4ccccc4)c3)nc3ccccn23)n1. The maximum Gasteiger partial charge on any atom is 0.187 e. The maximum atomic E-state index is 6.05. The second-order valence-corrected chi connectivity index (χ2v) is 7.74. The van der Waals surface area contributed by atoms with Gasteiger partial charge >= 0.3 is 0 Å². The molecule has 6 heteroatoms. The molecule has 0 aliphatic carbocycles. The fourth-order valence-corrected chi connectivity index (χ4v) is 3.84. The summed E-state index contributed by atoms with van der Waals surface area (Å²) in [6.07, 6.45) is 5.78. The van der Waals surface area contributed by atoms with Gasteiger partial charge in [0.25, 0.3) is 0 Å². The van der Waals surface area contributed by atoms with Crippen LogP contribution in [-0.2, 0) is 6.61 Å². The first-order valence-corrected chi connectivity index (χ1v) is 11.2. The lowest BCUT2D eigenvalue weighted by Gasteiger charge is -2.09. The number of imidazole rings is 1. The molecule has 0 aliphatic rings. The summed E-state index contributed by atoms with van der Waals surface area (Å²) in [4.78, 5) is 14.0. The maximum absolute atomic E-state index is 6.05. The molecular formula is C25H20N4OS. The number of ether oxygens (including phenoxy) is 1. The topological polar surface area (TPSA) is 52.3 Å². The Kier molecular flexibility index (Phi) is 5.37. The first-order valence-electron chi connectivity index (χ1n) is 9.93. The summed E-state index contributed by atoms with van der Waals surface area (Å²) >= 11 is 1.52. The Hall–Kier alpha value is -3.64. The zero-order valence-corrected chi connectivity index (χ0v) is 17.8. The Bertz CT molecular complexity index is 1330. The van der Waals surface area contributed by atoms with Gasteiger partial charge in [-0.1, -0.05) is 60.3 Å². The third-order valence-electron chi connectivity index (χ3n) is 4.94. The number of pyridine rings is 1. The molecule has 3 heterocycles. The highest BCUT2D eigenvalue weighted by molar-refractivity contribution is 7.98. The molecule has 0 saturated heterocycles. The van der Waals surface area contributed by atoms with Crippen molar-refractivity contribution >= 4 is 17.4 Å². The van der Waals surface area contributed by atoms with Gasteiger partial charge in [-0.2, -0.15) is 0 Å². The van der Waals surface area contributed by atoms with E-state index in [1.807, 2.05) is 73.1 Å². The van der Waals surface area contributed by atoms with Crippen LogP contribution in [0.4, 0.5) is 0 Å². The fourth-order valence-electron chi connectivity index (χ4n) is 3.49. The molecule has 0 spiro atoms. The summed E-state index contributed by atoms with van der Waals surface area (Å²) in [5.74, 6) is 0.803. The molecule has 0 fully saturated rings. The highest BCUT2D eigenvalue weighted by atomic mass is 32.2. The molecule has 0 atom stereocenters. The number of hydrogen-bond donors (Lipinski definition) is 0. The molecule has 5 rings (SSSR count). The summed E-state index contributed by atoms with van der Waals surface area (Å²) in [6, 6.07) is 26.1. The highest BCUT2D eigenvalue weighted by Crippen LogP contribution is 2.33. The Morgan fingerprint density at radius 2 is 1.77 bits per heavy atom. The number of hydrogen-bond acceptors (Lipinski definition) is 5. The number of nitrogens with zero attached hydrogens (tertiary/aromatic N) is 4. The van der Waals surface area contributed by atoms with Crippen molar-refractivity contribution in [3.63, 3.8) is 0 Å². The number of fused-ring (bicyclic) bond motifs is 1. The largest absolute Gasteiger partial charge is 0.489 e. The molecular weight excluding hydrogens is 404 g/mol. The first kappa shape index (κ1) is 19.3. The van der Waals surface area contributed by atoms with Crippen LogP contribution in [-0.4, -0.2) is 25.6 Å². The minimum Gasteiger partial charge on any atom is -0.489 e. The Balaban J connectivity index is 1.57. The van der Waals surface area contributed by atoms with E-state index in [4.69, 9.17) is 14.7 Å². The normalized spacial score (nSPS) is 11.0. The van der Waals surface area contributed by atoms with E-state index >= 15 is 0 Å². The molecule has 0 amide bonds. The van der Waals surface area contributed by atoms with E-state index in [9.17, 15) is 0 Å². The van der Waals surface area contributed by atoms with Gasteiger partial charge < -0.3 is 4.74 Å². The average molecular weight is 425 g/mol. The molecule has 0 N–H and O–H groups in total. The van der Waals surface area contributed by atoms with Crippen molar-refractivity contribution in [2.75, 3.05) is 6.26 Å². The molecule has 3 aromatic heterocycles. The summed E-state index contributed by atoms with van der Waals surface area (Å²) in [6.45, 7) is 0.519. The van der Waals surface area contributed by atoms with Crippen LogP contribution in [0.5, 0.6) is 5.75 Å². The summed E-state index contributed by atoms with van der Waals surface area (Å²) in [7, 11) is 0. The number of thioether (sulfide) groups is 1. The zero-order valence-electron chi connectivity index (χ0n) is 17.0. The van der Waals surface area contributed by atoms with Crippen molar-refractivity contribution in [2.45, 2.75) is 11.8 Å². The second-order valence-electron chi connectivity index (χ2n) is 6.97. The van der Waals surface area contributed by atoms with Crippen molar-refractivity contribution in [1.82, 2.24) is 19.4 Å². The van der Waals surface area contributed by atoms with Gasteiger partial charge in [-0.15, -0.1) is 0 Å². The zero-order chi connectivity index (χ0) is 21.0. The summed E-state index contributed by atoms with van der Waals surface area (Å²) < 4.78 is 8.12. The monoisotopic (exact) mass is 424 g/mol. The number of rotatable bonds is 6. The quantitative estimate of drug-likeness (QED) is 0.256. The fraction of sp³-hybridized carbons (Fsp3) is 0.0800. The predicted molar refractivity (Wildman–Crippen MR) is 124 cm³/mol. The van der Waals surface area contributed by atoms with Crippen LogP contribution >= 0.6 is 11.8 Å². The van der Waals surface area contributed by atoms with Gasteiger partial charge in [0, 0.05) is 18.0 Å². The Morgan fingerprint density at radius 3 is 2.65 bits per heavy atom. The van der Waals surface area contributed by atoms with E-state index in [-0.39, 0.29) is 0 Å². The molecule has 31 heavy (non-hydrogen) atoms. The third-order valence-corrected chi connectivity index (χ3v) is 5.51. The van der Waals surface area contributed by atoms with Gasteiger partial charge in [-0.25, -0.2) is 15.0 Å². The van der Waals surface area contributed by atoms with Crippen molar-refractivity contribution in [1.29, 1.82) is 0 Å². The molecule has 5 nitrogen and oxygen atoms in total. The molecule has 2 aromatic carbocycles. The summed E-state index contributed by atoms with van der Waals surface area (Å²) in [5, 5.41) is 0.731. The van der Waals surface area contributed by atoms with Crippen LogP contribution in [0.15, 0.2) is 96.4 Å². The highest BCUT2D eigenvalue weighted by Gasteiger charge is 2.18. The second kappa shape index (κ2) is 8.62. The van der Waals surface area contributed by atoms with E-state index < -0.39 is 0 Å². The van der Waals surface area contributed by atoms with E-state index in [2.05, 4.69) is 27.6 Å². The van der Waals surface area contributed by atoms with Crippen LogP contribution in [0.2, 0.25) is 0 Å². The van der Waals surface area contributed by atoms with Gasteiger partial charge in [0.1, 0.15) is 18.0 Å². The summed E-state index contributed by atoms with van der Waals surface area (Å²) in [5.41, 5.74) is 5.62. The lowest BCUT2D eigenvalue weighted by Crippen LogP contribution is -1.96. The van der Waals surface area contributed by atoms with Crippen LogP contribution in [0.25, 0.3) is 28.3 Å². The molecule has 0 bridgehead atoms. The smallest absolute Gasteiger partial charge is 0.187 e. The van der Waals surface area contributed by atoms with E-state index in [0.29, 0.717) is 6.61 Å². The van der Waals surface area contributed by atoms with Gasteiger partial charge in [0.2, 0.25) is 0 Å². The van der Waals surface area contributed by atoms with Gasteiger partial charge in [0.05, 0.1) is 17.1 Å². The minimum absolute atomic E-state index is 0.519. The van der Waals surface area contributed by atoms with Crippen molar-refractivity contribution in [2.24, 2.45) is 0 Å². The Morgan fingerprint density at radius 1 is 0.903 bits per heavy atom.